The van der Waals surface area contributed by atoms with E-state index in [1.807, 2.05) is 22.9 Å². The maximum absolute atomic E-state index is 4.27. The van der Waals surface area contributed by atoms with Crippen LogP contribution in [0.3, 0.4) is 0 Å². The van der Waals surface area contributed by atoms with E-state index in [-0.39, 0.29) is 0 Å². The van der Waals surface area contributed by atoms with Crippen LogP contribution in [-0.4, -0.2) is 15.0 Å². The van der Waals surface area contributed by atoms with Crippen molar-refractivity contribution in [1.29, 1.82) is 0 Å². The molecule has 0 spiro atoms. The summed E-state index contributed by atoms with van der Waals surface area (Å²) < 4.78 is 3.01. The van der Waals surface area contributed by atoms with Crippen LogP contribution in [0.4, 0.5) is 0 Å². The molecule has 0 amide bonds. The molecule has 3 nitrogen and oxygen atoms in total. The summed E-state index contributed by atoms with van der Waals surface area (Å²) in [5.41, 5.74) is 3.34. The largest absolute Gasteiger partial charge is 0.234 e. The van der Waals surface area contributed by atoms with Crippen molar-refractivity contribution in [1.82, 2.24) is 15.0 Å². The molecule has 0 radical (unpaired) electrons. The number of aromatic nitrogens is 3. The summed E-state index contributed by atoms with van der Waals surface area (Å²) in [5.74, 6) is 0. The Kier molecular flexibility index (Phi) is 3.42. The van der Waals surface area contributed by atoms with Crippen molar-refractivity contribution >= 4 is 33.9 Å². The van der Waals surface area contributed by atoms with Gasteiger partial charge in [0, 0.05) is 10.9 Å². The van der Waals surface area contributed by atoms with Crippen LogP contribution in [0.25, 0.3) is 11.3 Å². The molecule has 90 valence electrons. The first-order valence-corrected chi connectivity index (χ1v) is 7.52. The van der Waals surface area contributed by atoms with Crippen molar-refractivity contribution in [3.8, 4) is 11.3 Å². The van der Waals surface area contributed by atoms with Crippen LogP contribution in [0.2, 0.25) is 0 Å². The Bertz CT molecular complexity index is 632. The predicted octanol–water partition coefficient (Wildman–Crippen LogP) is 3.66. The van der Waals surface area contributed by atoms with Crippen molar-refractivity contribution in [2.24, 2.45) is 0 Å². The van der Waals surface area contributed by atoms with E-state index in [0.717, 1.165) is 21.5 Å². The molecule has 0 atom stereocenters. The van der Waals surface area contributed by atoms with Gasteiger partial charge in [0.05, 0.1) is 6.54 Å². The van der Waals surface area contributed by atoms with Gasteiger partial charge in [-0.25, -0.2) is 4.68 Å². The van der Waals surface area contributed by atoms with Gasteiger partial charge < -0.3 is 0 Å². The second-order valence-electron chi connectivity index (χ2n) is 3.88. The molecule has 0 aliphatic carbocycles. The molecule has 0 fully saturated rings. The predicted molar refractivity (Wildman–Crippen MR) is 81.6 cm³/mol. The van der Waals surface area contributed by atoms with Crippen LogP contribution in [0, 0.1) is 3.70 Å². The number of rotatable bonds is 3. The highest BCUT2D eigenvalue weighted by Crippen LogP contribution is 2.24. The summed E-state index contributed by atoms with van der Waals surface area (Å²) in [6.07, 6.45) is 0. The van der Waals surface area contributed by atoms with Gasteiger partial charge in [0.2, 0.25) is 0 Å². The van der Waals surface area contributed by atoms with Gasteiger partial charge in [-0.05, 0) is 39.6 Å². The van der Waals surface area contributed by atoms with Gasteiger partial charge >= 0.3 is 0 Å². The zero-order chi connectivity index (χ0) is 12.4. The fraction of sp³-hybridized carbons (Fsp3) is 0.0769. The van der Waals surface area contributed by atoms with Crippen LogP contribution in [0.15, 0.2) is 47.2 Å². The summed E-state index contributed by atoms with van der Waals surface area (Å²) in [5, 5.41) is 12.7. The zero-order valence-electron chi connectivity index (χ0n) is 9.45. The number of thiophene rings is 1. The van der Waals surface area contributed by atoms with Gasteiger partial charge in [-0.15, -0.1) is 5.10 Å². The number of benzene rings is 1. The molecule has 5 heteroatoms. The van der Waals surface area contributed by atoms with Gasteiger partial charge in [-0.1, -0.05) is 35.5 Å². The van der Waals surface area contributed by atoms with Crippen molar-refractivity contribution in [2.75, 3.05) is 0 Å². The first-order valence-electron chi connectivity index (χ1n) is 5.50. The minimum atomic E-state index is 0.760. The number of halogens is 1. The molecule has 2 heterocycles. The second kappa shape index (κ2) is 5.19. The highest BCUT2D eigenvalue weighted by Gasteiger charge is 2.12. The Morgan fingerprint density at radius 2 is 2.00 bits per heavy atom. The van der Waals surface area contributed by atoms with E-state index in [2.05, 4.69) is 61.9 Å². The first kappa shape index (κ1) is 11.9. The molecular weight excluding hydrogens is 357 g/mol. The van der Waals surface area contributed by atoms with Crippen molar-refractivity contribution in [3.63, 3.8) is 0 Å². The summed E-state index contributed by atoms with van der Waals surface area (Å²) in [4.78, 5) is 0. The lowest BCUT2D eigenvalue weighted by molar-refractivity contribution is 0.636. The zero-order valence-corrected chi connectivity index (χ0v) is 12.4. The van der Waals surface area contributed by atoms with Crippen LogP contribution in [-0.2, 0) is 6.54 Å². The van der Waals surface area contributed by atoms with Crippen LogP contribution in [0.5, 0.6) is 0 Å². The second-order valence-corrected chi connectivity index (χ2v) is 5.69. The third kappa shape index (κ3) is 2.32. The lowest BCUT2D eigenvalue weighted by atomic mass is 10.2. The highest BCUT2D eigenvalue weighted by atomic mass is 127. The average molecular weight is 367 g/mol. The van der Waals surface area contributed by atoms with Crippen LogP contribution in [0.1, 0.15) is 5.56 Å². The topological polar surface area (TPSA) is 30.7 Å². The maximum atomic E-state index is 4.27. The summed E-state index contributed by atoms with van der Waals surface area (Å²) in [6, 6.07) is 12.4. The average Bonchev–Trinajstić information content (AvgIpc) is 3.02. The lowest BCUT2D eigenvalue weighted by Gasteiger charge is -2.02. The molecule has 18 heavy (non-hydrogen) atoms. The Balaban J connectivity index is 1.91. The van der Waals surface area contributed by atoms with Gasteiger partial charge in [0.1, 0.15) is 9.39 Å². The SMILES string of the molecule is Ic1c(-c2ccsc2)nnn1Cc1ccccc1. The Labute approximate surface area is 123 Å². The van der Waals surface area contributed by atoms with Crippen molar-refractivity contribution < 1.29 is 0 Å². The van der Waals surface area contributed by atoms with E-state index < -0.39 is 0 Å². The van der Waals surface area contributed by atoms with E-state index >= 15 is 0 Å². The minimum absolute atomic E-state index is 0.760. The summed E-state index contributed by atoms with van der Waals surface area (Å²) in [7, 11) is 0. The van der Waals surface area contributed by atoms with Gasteiger partial charge in [0.15, 0.2) is 0 Å². The number of hydrogen-bond acceptors (Lipinski definition) is 3. The first-order chi connectivity index (χ1) is 8.84. The summed E-state index contributed by atoms with van der Waals surface area (Å²) in [6.45, 7) is 0.760. The van der Waals surface area contributed by atoms with E-state index in [9.17, 15) is 0 Å². The molecule has 0 aliphatic rings. The Morgan fingerprint density at radius 1 is 1.17 bits per heavy atom. The molecule has 0 saturated carbocycles. The minimum Gasteiger partial charge on any atom is -0.234 e. The molecule has 3 aromatic rings. The fourth-order valence-electron chi connectivity index (χ4n) is 1.73. The van der Waals surface area contributed by atoms with E-state index in [0.29, 0.717) is 0 Å². The quantitative estimate of drug-likeness (QED) is 0.662. The molecule has 0 aliphatic heterocycles. The maximum Gasteiger partial charge on any atom is 0.128 e. The molecule has 0 bridgehead atoms. The van der Waals surface area contributed by atoms with Crippen molar-refractivity contribution in [2.45, 2.75) is 6.54 Å². The van der Waals surface area contributed by atoms with E-state index in [1.54, 1.807) is 11.3 Å². The normalized spacial score (nSPS) is 10.7. The highest BCUT2D eigenvalue weighted by molar-refractivity contribution is 14.1. The number of nitrogens with zero attached hydrogens (tertiary/aromatic N) is 3. The van der Waals surface area contributed by atoms with E-state index in [4.69, 9.17) is 0 Å². The molecular formula is C13H10IN3S. The van der Waals surface area contributed by atoms with E-state index in [1.165, 1.54) is 5.56 Å². The van der Waals surface area contributed by atoms with Crippen molar-refractivity contribution in [3.05, 3.63) is 56.4 Å². The van der Waals surface area contributed by atoms with Gasteiger partial charge in [-0.2, -0.15) is 11.3 Å². The molecule has 0 N–H and O–H groups in total. The molecule has 3 rings (SSSR count). The lowest BCUT2D eigenvalue weighted by Crippen LogP contribution is -2.03. The third-order valence-electron chi connectivity index (χ3n) is 2.64. The molecule has 0 unspecified atom stereocenters. The molecule has 2 aromatic heterocycles. The smallest absolute Gasteiger partial charge is 0.128 e. The van der Waals surface area contributed by atoms with Crippen LogP contribution < -0.4 is 0 Å². The van der Waals surface area contributed by atoms with Gasteiger partial charge in [-0.3, -0.25) is 0 Å². The standard InChI is InChI=1S/C13H10IN3S/c14-13-12(11-6-7-18-9-11)15-16-17(13)8-10-4-2-1-3-5-10/h1-7,9H,8H2. The van der Waals surface area contributed by atoms with Gasteiger partial charge in [0.25, 0.3) is 0 Å². The van der Waals surface area contributed by atoms with Crippen LogP contribution >= 0.6 is 33.9 Å². The Morgan fingerprint density at radius 3 is 2.72 bits per heavy atom. The molecule has 0 saturated heterocycles. The third-order valence-corrected chi connectivity index (χ3v) is 4.40. The summed E-state index contributed by atoms with van der Waals surface area (Å²) >= 11 is 3.98. The fourth-order valence-corrected chi connectivity index (χ4v) is 3.06. The number of hydrogen-bond donors (Lipinski definition) is 0. The molecule has 1 aromatic carbocycles. The monoisotopic (exact) mass is 367 g/mol. The Hall–Kier alpha value is -1.21.